The van der Waals surface area contributed by atoms with Crippen molar-refractivity contribution in [2.45, 2.75) is 74.9 Å². The molecule has 5 N–H and O–H groups in total. The molecule has 1 aromatic carbocycles. The molecule has 0 amide bonds. The van der Waals surface area contributed by atoms with E-state index >= 15 is 0 Å². The van der Waals surface area contributed by atoms with Gasteiger partial charge in [-0.25, -0.2) is 9.59 Å². The van der Waals surface area contributed by atoms with Crippen LogP contribution in [0.2, 0.25) is 0 Å². The van der Waals surface area contributed by atoms with Gasteiger partial charge < -0.3 is 39.9 Å². The Bertz CT molecular complexity index is 1040. The molecule has 216 valence electrons. The second kappa shape index (κ2) is 12.6. The number of aliphatic hydroxyl groups is 3. The molecule has 1 fully saturated rings. The molecule has 1 spiro atoms. The smallest absolute Gasteiger partial charge is 0.335 e. The van der Waals surface area contributed by atoms with Gasteiger partial charge in [-0.1, -0.05) is 24.6 Å². The van der Waals surface area contributed by atoms with Crippen molar-refractivity contribution in [2.24, 2.45) is 0 Å². The quantitative estimate of drug-likeness (QED) is 0.295. The summed E-state index contributed by atoms with van der Waals surface area (Å²) in [5.74, 6) is -1.81. The topological polar surface area (TPSA) is 160 Å². The van der Waals surface area contributed by atoms with Gasteiger partial charge in [-0.3, -0.25) is 4.90 Å². The number of hydrogen-bond acceptors (Lipinski definition) is 9. The van der Waals surface area contributed by atoms with E-state index in [1.165, 1.54) is 56.4 Å². The number of carboxylic acids is 2. The zero-order valence-corrected chi connectivity index (χ0v) is 22.4. The lowest BCUT2D eigenvalue weighted by Gasteiger charge is -2.36. The zero-order chi connectivity index (χ0) is 28.2. The van der Waals surface area contributed by atoms with Crippen molar-refractivity contribution in [3.8, 4) is 11.5 Å². The molecule has 3 heterocycles. The first kappa shape index (κ1) is 29.3. The van der Waals surface area contributed by atoms with Crippen molar-refractivity contribution in [2.75, 3.05) is 39.8 Å². The average Bonchev–Trinajstić information content (AvgIpc) is 3.17. The highest BCUT2D eigenvalue weighted by Crippen LogP contribution is 2.55. The maximum Gasteiger partial charge on any atom is 0.335 e. The summed E-state index contributed by atoms with van der Waals surface area (Å²) in [6.45, 7) is 6.96. The van der Waals surface area contributed by atoms with E-state index in [1.54, 1.807) is 7.11 Å². The van der Waals surface area contributed by atoms with E-state index in [0.717, 1.165) is 37.6 Å². The highest BCUT2D eigenvalue weighted by Gasteiger charge is 2.52. The normalized spacial score (nSPS) is 27.6. The summed E-state index contributed by atoms with van der Waals surface area (Å²) in [5, 5.41) is 42.7. The fourth-order valence-corrected chi connectivity index (χ4v) is 6.16. The molecule has 0 unspecified atom stereocenters. The number of piperidine rings is 1. The monoisotopic (exact) mass is 548 g/mol. The number of rotatable bonds is 8. The van der Waals surface area contributed by atoms with Crippen LogP contribution in [0.1, 0.15) is 49.7 Å². The van der Waals surface area contributed by atoms with E-state index in [-0.39, 0.29) is 11.5 Å². The summed E-state index contributed by atoms with van der Waals surface area (Å²) in [5.41, 5.74) is 2.54. The van der Waals surface area contributed by atoms with Crippen molar-refractivity contribution in [3.63, 3.8) is 0 Å². The molecule has 1 aliphatic carbocycles. The molecule has 5 atom stereocenters. The van der Waals surface area contributed by atoms with Gasteiger partial charge in [-0.15, -0.1) is 0 Å². The molecule has 0 aromatic heterocycles. The van der Waals surface area contributed by atoms with Crippen LogP contribution in [0.15, 0.2) is 24.3 Å². The largest absolute Gasteiger partial charge is 0.493 e. The molecule has 5 rings (SSSR count). The van der Waals surface area contributed by atoms with Crippen molar-refractivity contribution < 1.29 is 44.6 Å². The van der Waals surface area contributed by atoms with Gasteiger partial charge in [0.1, 0.15) is 6.10 Å². The van der Waals surface area contributed by atoms with Crippen molar-refractivity contribution in [1.82, 2.24) is 9.80 Å². The van der Waals surface area contributed by atoms with Crippen LogP contribution in [0.4, 0.5) is 0 Å². The Morgan fingerprint density at radius 1 is 1.05 bits per heavy atom. The highest BCUT2D eigenvalue weighted by atomic mass is 16.5. The molecular weight excluding hydrogens is 508 g/mol. The number of aliphatic carboxylic acids is 2. The van der Waals surface area contributed by atoms with Crippen LogP contribution >= 0.6 is 0 Å². The van der Waals surface area contributed by atoms with E-state index in [9.17, 15) is 14.7 Å². The number of aliphatic hydroxyl groups excluding tert-OH is 3. The van der Waals surface area contributed by atoms with Crippen LogP contribution in [-0.2, 0) is 21.5 Å². The Balaban J connectivity index is 0.000000303. The number of ether oxygens (including phenoxy) is 2. The third-order valence-corrected chi connectivity index (χ3v) is 8.24. The predicted molar refractivity (Wildman–Crippen MR) is 141 cm³/mol. The van der Waals surface area contributed by atoms with Gasteiger partial charge in [-0.05, 0) is 70.0 Å². The lowest BCUT2D eigenvalue weighted by atomic mass is 9.69. The molecule has 0 radical (unpaired) electrons. The van der Waals surface area contributed by atoms with Crippen LogP contribution in [0.3, 0.4) is 0 Å². The summed E-state index contributed by atoms with van der Waals surface area (Å²) >= 11 is 0. The van der Waals surface area contributed by atoms with Crippen molar-refractivity contribution >= 4 is 11.9 Å². The number of nitrogens with zero attached hydrogens (tertiary/aromatic N) is 2. The standard InChI is InChI=1S/C24H34N2O3.C4H6O6/c1-28-20-7-6-18-17-26(14-5-13-25-11-3-2-4-12-25)15-10-24-9-8-19(27)16-21(24)29-23(20)22(18)24;5-1(3(7)8)2(6)4(9)10/h6-9,19,21,27H,2-5,10-17H2,1H3;1-2,5-6H,(H,7,8)(H,9,10)/t19-,21+,24+;1-,2-/m01/s1. The van der Waals surface area contributed by atoms with Crippen LogP contribution in [0, 0.1) is 0 Å². The predicted octanol–water partition coefficient (Wildman–Crippen LogP) is 0.974. The molecule has 4 aliphatic rings. The van der Waals surface area contributed by atoms with Gasteiger partial charge in [0.15, 0.2) is 23.7 Å². The minimum atomic E-state index is -2.27. The van der Waals surface area contributed by atoms with E-state index in [2.05, 4.69) is 28.0 Å². The van der Waals surface area contributed by atoms with E-state index in [0.29, 0.717) is 6.42 Å². The van der Waals surface area contributed by atoms with Crippen molar-refractivity contribution in [3.05, 3.63) is 35.4 Å². The molecule has 3 aliphatic heterocycles. The summed E-state index contributed by atoms with van der Waals surface area (Å²) in [4.78, 5) is 24.8. The molecule has 1 aromatic rings. The fourth-order valence-electron chi connectivity index (χ4n) is 6.16. The van der Waals surface area contributed by atoms with Crippen LogP contribution in [0.25, 0.3) is 0 Å². The zero-order valence-electron chi connectivity index (χ0n) is 22.4. The molecule has 0 bridgehead atoms. The summed E-state index contributed by atoms with van der Waals surface area (Å²) < 4.78 is 12.0. The van der Waals surface area contributed by atoms with Gasteiger partial charge in [-0.2, -0.15) is 0 Å². The fraction of sp³-hybridized carbons (Fsp3) is 0.643. The minimum Gasteiger partial charge on any atom is -0.493 e. The number of carboxylic acid groups (broad SMARTS) is 2. The number of carbonyl (C=O) groups is 2. The van der Waals surface area contributed by atoms with Crippen LogP contribution in [0.5, 0.6) is 11.5 Å². The maximum absolute atomic E-state index is 10.2. The molecule has 1 saturated heterocycles. The minimum absolute atomic E-state index is 0.000787. The first-order chi connectivity index (χ1) is 18.7. The average molecular weight is 549 g/mol. The number of benzene rings is 1. The van der Waals surface area contributed by atoms with Crippen molar-refractivity contribution in [1.29, 1.82) is 0 Å². The maximum atomic E-state index is 10.2. The van der Waals surface area contributed by atoms with Gasteiger partial charge in [0.25, 0.3) is 0 Å². The van der Waals surface area contributed by atoms with E-state index in [1.807, 2.05) is 6.08 Å². The van der Waals surface area contributed by atoms with E-state index in [4.69, 9.17) is 29.9 Å². The lowest BCUT2D eigenvalue weighted by molar-refractivity contribution is -0.165. The lowest BCUT2D eigenvalue weighted by Crippen LogP contribution is -2.43. The summed E-state index contributed by atoms with van der Waals surface area (Å²) in [7, 11) is 1.71. The number of likely N-dealkylation sites (tertiary alicyclic amines) is 1. The van der Waals surface area contributed by atoms with Gasteiger partial charge >= 0.3 is 11.9 Å². The second-order valence-corrected chi connectivity index (χ2v) is 10.8. The second-order valence-electron chi connectivity index (χ2n) is 10.8. The highest BCUT2D eigenvalue weighted by molar-refractivity contribution is 5.83. The molecule has 11 nitrogen and oxygen atoms in total. The Morgan fingerprint density at radius 2 is 1.72 bits per heavy atom. The first-order valence-electron chi connectivity index (χ1n) is 13.7. The van der Waals surface area contributed by atoms with Gasteiger partial charge in [0, 0.05) is 18.5 Å². The SMILES string of the molecule is COc1ccc2c3c1O[C@@H]1C[C@@H](O)C=C[C@]31CCN(CCCN1CCCCC1)C2.O=C(O)[C@H](O)[C@@H](O)C(=O)O. The molecule has 39 heavy (non-hydrogen) atoms. The summed E-state index contributed by atoms with van der Waals surface area (Å²) in [6.07, 6.45) is 6.32. The molecule has 0 saturated carbocycles. The van der Waals surface area contributed by atoms with Crippen LogP contribution in [-0.4, -0.2) is 112 Å². The Morgan fingerprint density at radius 3 is 2.36 bits per heavy atom. The molecule has 11 heteroatoms. The third kappa shape index (κ3) is 6.38. The number of methoxy groups -OCH3 is 1. The third-order valence-electron chi connectivity index (χ3n) is 8.24. The van der Waals surface area contributed by atoms with Gasteiger partial charge in [0.2, 0.25) is 0 Å². The Hall–Kier alpha value is -2.70. The Kier molecular flexibility index (Phi) is 9.50. The molecular formula is C28H40N2O9. The first-order valence-corrected chi connectivity index (χ1v) is 13.7. The Labute approximate surface area is 228 Å². The summed E-state index contributed by atoms with van der Waals surface area (Å²) in [6, 6.07) is 4.28. The van der Waals surface area contributed by atoms with E-state index < -0.39 is 30.3 Å². The number of hydrogen-bond donors (Lipinski definition) is 5. The van der Waals surface area contributed by atoms with Gasteiger partial charge in [0.05, 0.1) is 18.6 Å². The van der Waals surface area contributed by atoms with Crippen LogP contribution < -0.4 is 9.47 Å².